The summed E-state index contributed by atoms with van der Waals surface area (Å²) in [5.74, 6) is -0.375. The molecular weight excluding hydrogens is 298 g/mol. The molecule has 108 valence electrons. The molecule has 0 aliphatic heterocycles. The molecule has 0 atom stereocenters. The highest BCUT2D eigenvalue weighted by Gasteiger charge is 2.10. The molecule has 0 amide bonds. The van der Waals surface area contributed by atoms with Gasteiger partial charge in [-0.3, -0.25) is 9.35 Å². The van der Waals surface area contributed by atoms with Crippen LogP contribution in [0.2, 0.25) is 0 Å². The molecule has 2 N–H and O–H groups in total. The van der Waals surface area contributed by atoms with E-state index in [-0.39, 0.29) is 22.3 Å². The minimum atomic E-state index is -4.13. The number of ketones is 1. The summed E-state index contributed by atoms with van der Waals surface area (Å²) < 4.78 is 29.5. The van der Waals surface area contributed by atoms with Crippen LogP contribution in [0.5, 0.6) is 0 Å². The summed E-state index contributed by atoms with van der Waals surface area (Å²) >= 11 is 0. The molecule has 1 heterocycles. The molecular formula is C13H15NO4S2. The molecule has 0 spiro atoms. The first kappa shape index (κ1) is 15.1. The van der Waals surface area contributed by atoms with Crippen LogP contribution in [0, 0.1) is 0 Å². The van der Waals surface area contributed by atoms with Gasteiger partial charge in [0.15, 0.2) is 0 Å². The molecule has 0 saturated heterocycles. The number of H-pyrrole nitrogens is 1. The number of Topliss-reactive ketones (excluding diaryl/α,β-unsaturated/α-hetero) is 1. The number of fused-ring (bicyclic) bond motifs is 1. The van der Waals surface area contributed by atoms with Crippen LogP contribution in [0.3, 0.4) is 0 Å². The third kappa shape index (κ3) is 4.36. The fraction of sp³-hybridized carbons (Fsp3) is 0.308. The van der Waals surface area contributed by atoms with E-state index in [1.54, 1.807) is 0 Å². The average Bonchev–Trinajstić information content (AvgIpc) is 2.79. The monoisotopic (exact) mass is 313 g/mol. The van der Waals surface area contributed by atoms with Crippen LogP contribution in [-0.4, -0.2) is 29.5 Å². The van der Waals surface area contributed by atoms with E-state index in [1.165, 1.54) is 0 Å². The highest BCUT2D eigenvalue weighted by atomic mass is 33.1. The molecule has 0 fully saturated rings. The molecule has 0 aliphatic carbocycles. The maximum atomic E-state index is 11.5. The minimum Gasteiger partial charge on any atom is -0.361 e. The molecule has 0 unspecified atom stereocenters. The van der Waals surface area contributed by atoms with E-state index >= 15 is 0 Å². The predicted molar refractivity (Wildman–Crippen MR) is 80.3 cm³/mol. The Labute approximate surface area is 120 Å². The third-order valence-corrected chi connectivity index (χ3v) is 4.93. The van der Waals surface area contributed by atoms with E-state index in [1.807, 2.05) is 30.5 Å². The first-order valence-electron chi connectivity index (χ1n) is 6.14. The van der Waals surface area contributed by atoms with Crippen LogP contribution in [-0.2, 0) is 20.4 Å². The summed E-state index contributed by atoms with van der Waals surface area (Å²) in [6.45, 7) is 0. The normalized spacial score (nSPS) is 11.8. The molecule has 2 rings (SSSR count). The van der Waals surface area contributed by atoms with Crippen molar-refractivity contribution in [2.24, 2.45) is 0 Å². The molecule has 2 aromatic rings. The van der Waals surface area contributed by atoms with Crippen molar-refractivity contribution in [1.29, 1.82) is 0 Å². The Balaban J connectivity index is 1.83. The number of nitrogens with one attached hydrogen (secondary N) is 1. The van der Waals surface area contributed by atoms with Crippen molar-refractivity contribution in [3.05, 3.63) is 36.0 Å². The largest absolute Gasteiger partial charge is 0.361 e. The van der Waals surface area contributed by atoms with Crippen molar-refractivity contribution in [2.75, 3.05) is 5.75 Å². The first-order chi connectivity index (χ1) is 9.46. The molecule has 1 aromatic carbocycles. The lowest BCUT2D eigenvalue weighted by Crippen LogP contribution is -2.04. The SMILES string of the molecule is O=C(CCCc1c[nH]c2ccccc12)CSS(=O)(=O)O. The van der Waals surface area contributed by atoms with Crippen molar-refractivity contribution < 1.29 is 17.8 Å². The minimum absolute atomic E-state index is 0.174. The zero-order chi connectivity index (χ0) is 14.6. The Bertz CT molecular complexity index is 706. The molecule has 7 heteroatoms. The maximum absolute atomic E-state index is 11.5. The summed E-state index contributed by atoms with van der Waals surface area (Å²) in [4.78, 5) is 14.6. The van der Waals surface area contributed by atoms with Crippen molar-refractivity contribution in [1.82, 2.24) is 4.98 Å². The van der Waals surface area contributed by atoms with Gasteiger partial charge in [-0.15, -0.1) is 0 Å². The van der Waals surface area contributed by atoms with Gasteiger partial charge in [0.1, 0.15) is 5.78 Å². The molecule has 0 bridgehead atoms. The van der Waals surface area contributed by atoms with E-state index in [9.17, 15) is 13.2 Å². The van der Waals surface area contributed by atoms with Crippen molar-refractivity contribution >= 4 is 36.6 Å². The van der Waals surface area contributed by atoms with Crippen LogP contribution in [0.15, 0.2) is 30.5 Å². The molecule has 0 aliphatic rings. The number of aromatic amines is 1. The van der Waals surface area contributed by atoms with Gasteiger partial charge in [-0.25, -0.2) is 0 Å². The number of carbonyl (C=O) groups excluding carboxylic acids is 1. The Kier molecular flexibility index (Phi) is 4.85. The van der Waals surface area contributed by atoms with Crippen LogP contribution in [0.25, 0.3) is 10.9 Å². The molecule has 20 heavy (non-hydrogen) atoms. The van der Waals surface area contributed by atoms with Crippen LogP contribution in [0.1, 0.15) is 18.4 Å². The number of rotatable bonds is 7. The van der Waals surface area contributed by atoms with E-state index in [2.05, 4.69) is 4.98 Å². The van der Waals surface area contributed by atoms with Crippen LogP contribution >= 0.6 is 10.8 Å². The van der Waals surface area contributed by atoms with Gasteiger partial charge in [0.25, 0.3) is 0 Å². The fourth-order valence-corrected chi connectivity index (χ4v) is 3.29. The molecule has 1 aromatic heterocycles. The topological polar surface area (TPSA) is 87.2 Å². The summed E-state index contributed by atoms with van der Waals surface area (Å²) in [5, 5.41) is 1.15. The van der Waals surface area contributed by atoms with Crippen LogP contribution in [0.4, 0.5) is 0 Å². The number of carbonyl (C=O) groups is 1. The lowest BCUT2D eigenvalue weighted by Gasteiger charge is -2.00. The van der Waals surface area contributed by atoms with Gasteiger partial charge in [-0.05, 0) is 24.5 Å². The Morgan fingerprint density at radius 3 is 2.80 bits per heavy atom. The number of aryl methyl sites for hydroxylation is 1. The van der Waals surface area contributed by atoms with E-state index in [0.29, 0.717) is 12.8 Å². The zero-order valence-electron chi connectivity index (χ0n) is 10.7. The molecule has 0 saturated carbocycles. The van der Waals surface area contributed by atoms with E-state index in [4.69, 9.17) is 4.55 Å². The highest BCUT2D eigenvalue weighted by Crippen LogP contribution is 2.19. The lowest BCUT2D eigenvalue weighted by molar-refractivity contribution is -0.116. The van der Waals surface area contributed by atoms with Gasteiger partial charge in [0.2, 0.25) is 0 Å². The van der Waals surface area contributed by atoms with Gasteiger partial charge in [0.05, 0.1) is 5.75 Å². The van der Waals surface area contributed by atoms with Crippen LogP contribution < -0.4 is 0 Å². The van der Waals surface area contributed by atoms with Crippen molar-refractivity contribution in [2.45, 2.75) is 19.3 Å². The number of benzene rings is 1. The smallest absolute Gasteiger partial charge is 0.320 e. The Morgan fingerprint density at radius 2 is 2.05 bits per heavy atom. The number of hydrogen-bond acceptors (Lipinski definition) is 4. The van der Waals surface area contributed by atoms with Gasteiger partial charge < -0.3 is 4.98 Å². The zero-order valence-corrected chi connectivity index (χ0v) is 12.3. The predicted octanol–water partition coefficient (Wildman–Crippen LogP) is 2.60. The summed E-state index contributed by atoms with van der Waals surface area (Å²) in [6, 6.07) is 7.94. The quantitative estimate of drug-likeness (QED) is 0.606. The Hall–Kier alpha value is -1.31. The van der Waals surface area contributed by atoms with Crippen molar-refractivity contribution in [3.8, 4) is 0 Å². The Morgan fingerprint density at radius 1 is 1.30 bits per heavy atom. The van der Waals surface area contributed by atoms with Crippen molar-refractivity contribution in [3.63, 3.8) is 0 Å². The lowest BCUT2D eigenvalue weighted by atomic mass is 10.1. The number of hydrogen-bond donors (Lipinski definition) is 2. The molecule has 5 nitrogen and oxygen atoms in total. The van der Waals surface area contributed by atoms with Gasteiger partial charge in [-0.2, -0.15) is 8.42 Å². The van der Waals surface area contributed by atoms with E-state index in [0.717, 1.165) is 22.9 Å². The fourth-order valence-electron chi connectivity index (χ4n) is 2.03. The number of aromatic nitrogens is 1. The first-order valence-corrected chi connectivity index (χ1v) is 9.08. The third-order valence-electron chi connectivity index (χ3n) is 2.95. The summed E-state index contributed by atoms with van der Waals surface area (Å²) in [6.07, 6.45) is 3.66. The standard InChI is InChI=1S/C13H15NO4S2/c15-11(9-19-20(16,17)18)5-3-4-10-8-14-13-7-2-1-6-12(10)13/h1-2,6-8,14H,3-5,9H2,(H,16,17,18). The average molecular weight is 313 g/mol. The second kappa shape index (κ2) is 6.43. The van der Waals surface area contributed by atoms with Gasteiger partial charge in [0, 0.05) is 34.3 Å². The summed E-state index contributed by atoms with van der Waals surface area (Å²) in [7, 11) is -3.86. The summed E-state index contributed by atoms with van der Waals surface area (Å²) in [5.41, 5.74) is 2.21. The van der Waals surface area contributed by atoms with E-state index < -0.39 is 9.15 Å². The number of para-hydroxylation sites is 1. The van der Waals surface area contributed by atoms with Gasteiger partial charge in [-0.1, -0.05) is 18.2 Å². The highest BCUT2D eigenvalue weighted by molar-refractivity contribution is 8.70. The maximum Gasteiger partial charge on any atom is 0.320 e. The second-order valence-electron chi connectivity index (χ2n) is 4.44. The second-order valence-corrected chi connectivity index (χ2v) is 7.79. The van der Waals surface area contributed by atoms with Gasteiger partial charge >= 0.3 is 9.15 Å². The molecule has 0 radical (unpaired) electrons.